The second-order valence-corrected chi connectivity index (χ2v) is 5.07. The molecule has 0 aliphatic carbocycles. The number of phenolic OH excluding ortho intramolecular Hbond substituents is 1. The van der Waals surface area contributed by atoms with Gasteiger partial charge in [-0.05, 0) is 32.2 Å². The molecule has 1 heterocycles. The first-order valence-corrected chi connectivity index (χ1v) is 6.66. The summed E-state index contributed by atoms with van der Waals surface area (Å²) in [5.74, 6) is 1.06. The fourth-order valence-corrected chi connectivity index (χ4v) is 2.29. The quantitative estimate of drug-likeness (QED) is 0.857. The van der Waals surface area contributed by atoms with Crippen LogP contribution in [0.15, 0.2) is 18.2 Å². The molecule has 1 atom stereocenters. The van der Waals surface area contributed by atoms with Crippen LogP contribution in [-0.4, -0.2) is 55.4 Å². The minimum atomic E-state index is 0.0542. The Bertz CT molecular complexity index is 417. The van der Waals surface area contributed by atoms with Crippen molar-refractivity contribution in [2.75, 3.05) is 40.3 Å². The normalized spacial score (nSPS) is 19.3. The molecule has 1 aliphatic heterocycles. The van der Waals surface area contributed by atoms with Gasteiger partial charge < -0.3 is 14.7 Å². The van der Waals surface area contributed by atoms with Crippen LogP contribution in [0.4, 0.5) is 0 Å². The minimum Gasteiger partial charge on any atom is -0.508 e. The Balaban J connectivity index is 2.01. The van der Waals surface area contributed by atoms with Crippen LogP contribution in [0.25, 0.3) is 0 Å². The molecule has 5 nitrogen and oxygen atoms in total. The van der Waals surface area contributed by atoms with E-state index in [1.54, 1.807) is 19.2 Å². The van der Waals surface area contributed by atoms with Crippen LogP contribution in [-0.2, 0) is 0 Å². The predicted octanol–water partition coefficient (Wildman–Crippen LogP) is 1.21. The van der Waals surface area contributed by atoms with Gasteiger partial charge in [-0.2, -0.15) is 0 Å². The van der Waals surface area contributed by atoms with Gasteiger partial charge in [0.25, 0.3) is 0 Å². The third kappa shape index (κ3) is 3.59. The van der Waals surface area contributed by atoms with Gasteiger partial charge in [0.15, 0.2) is 0 Å². The number of hydrazine groups is 1. The zero-order chi connectivity index (χ0) is 13.8. The van der Waals surface area contributed by atoms with Crippen molar-refractivity contribution in [2.45, 2.75) is 13.0 Å². The second kappa shape index (κ2) is 6.23. The molecule has 2 rings (SSSR count). The molecule has 1 fully saturated rings. The van der Waals surface area contributed by atoms with E-state index < -0.39 is 0 Å². The largest absolute Gasteiger partial charge is 0.508 e. The molecule has 19 heavy (non-hydrogen) atoms. The highest BCUT2D eigenvalue weighted by atomic mass is 16.5. The predicted molar refractivity (Wildman–Crippen MR) is 75.3 cm³/mol. The number of nitrogens with one attached hydrogen (secondary N) is 1. The van der Waals surface area contributed by atoms with Gasteiger partial charge in [0.05, 0.1) is 7.11 Å². The van der Waals surface area contributed by atoms with E-state index in [9.17, 15) is 5.11 Å². The highest BCUT2D eigenvalue weighted by Gasteiger charge is 2.18. The lowest BCUT2D eigenvalue weighted by Gasteiger charge is -2.34. The molecule has 1 unspecified atom stereocenters. The summed E-state index contributed by atoms with van der Waals surface area (Å²) in [6, 6.07) is 5.37. The summed E-state index contributed by atoms with van der Waals surface area (Å²) in [4.78, 5) is 2.31. The van der Waals surface area contributed by atoms with Gasteiger partial charge in [0, 0.05) is 37.8 Å². The number of ether oxygens (including phenoxy) is 1. The van der Waals surface area contributed by atoms with Crippen molar-refractivity contribution in [1.29, 1.82) is 0 Å². The summed E-state index contributed by atoms with van der Waals surface area (Å²) in [6.45, 7) is 6.15. The summed E-state index contributed by atoms with van der Waals surface area (Å²) in [5.41, 5.74) is 4.30. The molecule has 106 valence electrons. The molecule has 2 N–H and O–H groups in total. The average Bonchev–Trinajstić information content (AvgIpc) is 2.42. The average molecular weight is 265 g/mol. The minimum absolute atomic E-state index is 0.0542. The zero-order valence-corrected chi connectivity index (χ0v) is 11.9. The van der Waals surface area contributed by atoms with E-state index in [2.05, 4.69) is 22.4 Å². The van der Waals surface area contributed by atoms with Gasteiger partial charge in [-0.15, -0.1) is 0 Å². The summed E-state index contributed by atoms with van der Waals surface area (Å²) in [6.07, 6.45) is 0. The maximum atomic E-state index is 9.95. The van der Waals surface area contributed by atoms with Crippen molar-refractivity contribution < 1.29 is 9.84 Å². The highest BCUT2D eigenvalue weighted by molar-refractivity contribution is 5.40. The Hall–Kier alpha value is -1.30. The Morgan fingerprint density at radius 3 is 2.58 bits per heavy atom. The SMILES string of the molecule is COc1ccc(O)c(C(C)NN2CCN(C)CC2)c1. The van der Waals surface area contributed by atoms with Crippen LogP contribution < -0.4 is 10.2 Å². The van der Waals surface area contributed by atoms with Gasteiger partial charge in [0.2, 0.25) is 0 Å². The monoisotopic (exact) mass is 265 g/mol. The molecule has 0 radical (unpaired) electrons. The number of methoxy groups -OCH3 is 1. The maximum Gasteiger partial charge on any atom is 0.120 e. The van der Waals surface area contributed by atoms with E-state index in [0.29, 0.717) is 5.75 Å². The van der Waals surface area contributed by atoms with Crippen LogP contribution in [0.2, 0.25) is 0 Å². The number of phenols is 1. The number of benzene rings is 1. The van der Waals surface area contributed by atoms with Crippen LogP contribution in [0.3, 0.4) is 0 Å². The third-order valence-electron chi connectivity index (χ3n) is 3.58. The first kappa shape index (κ1) is 14.1. The van der Waals surface area contributed by atoms with E-state index in [-0.39, 0.29) is 6.04 Å². The summed E-state index contributed by atoms with van der Waals surface area (Å²) >= 11 is 0. The Morgan fingerprint density at radius 1 is 1.26 bits per heavy atom. The van der Waals surface area contributed by atoms with Crippen LogP contribution in [0.5, 0.6) is 11.5 Å². The van der Waals surface area contributed by atoms with Crippen molar-refractivity contribution in [1.82, 2.24) is 15.3 Å². The molecule has 1 aromatic carbocycles. The van der Waals surface area contributed by atoms with E-state index in [4.69, 9.17) is 4.74 Å². The van der Waals surface area contributed by atoms with Crippen molar-refractivity contribution in [2.24, 2.45) is 0 Å². The van der Waals surface area contributed by atoms with E-state index in [1.807, 2.05) is 13.0 Å². The number of nitrogens with zero attached hydrogens (tertiary/aromatic N) is 2. The molecule has 0 amide bonds. The summed E-state index contributed by atoms with van der Waals surface area (Å²) in [7, 11) is 3.77. The molecular weight excluding hydrogens is 242 g/mol. The molecule has 1 saturated heterocycles. The molecular formula is C14H23N3O2. The molecule has 0 spiro atoms. The van der Waals surface area contributed by atoms with Crippen molar-refractivity contribution >= 4 is 0 Å². The third-order valence-corrected chi connectivity index (χ3v) is 3.58. The second-order valence-electron chi connectivity index (χ2n) is 5.07. The topological polar surface area (TPSA) is 48.0 Å². The Labute approximate surface area is 114 Å². The van der Waals surface area contributed by atoms with Crippen molar-refractivity contribution in [3.05, 3.63) is 23.8 Å². The number of piperazine rings is 1. The fraction of sp³-hybridized carbons (Fsp3) is 0.571. The number of aromatic hydroxyl groups is 1. The lowest BCUT2D eigenvalue weighted by atomic mass is 10.1. The lowest BCUT2D eigenvalue weighted by Crippen LogP contribution is -2.51. The molecule has 1 aliphatic rings. The van der Waals surface area contributed by atoms with Gasteiger partial charge in [-0.3, -0.25) is 0 Å². The lowest BCUT2D eigenvalue weighted by molar-refractivity contribution is 0.0894. The Kier molecular flexibility index (Phi) is 4.63. The van der Waals surface area contributed by atoms with E-state index in [1.165, 1.54) is 0 Å². The number of hydrogen-bond donors (Lipinski definition) is 2. The fourth-order valence-electron chi connectivity index (χ4n) is 2.29. The number of rotatable bonds is 4. The molecule has 0 bridgehead atoms. The van der Waals surface area contributed by atoms with E-state index in [0.717, 1.165) is 37.5 Å². The molecule has 5 heteroatoms. The Morgan fingerprint density at radius 2 is 1.95 bits per heavy atom. The number of hydrogen-bond acceptors (Lipinski definition) is 5. The van der Waals surface area contributed by atoms with Crippen molar-refractivity contribution in [3.8, 4) is 11.5 Å². The number of likely N-dealkylation sites (N-methyl/N-ethyl adjacent to an activating group) is 1. The first-order chi connectivity index (χ1) is 9.10. The van der Waals surface area contributed by atoms with Gasteiger partial charge >= 0.3 is 0 Å². The molecule has 0 aromatic heterocycles. The van der Waals surface area contributed by atoms with Gasteiger partial charge in [-0.25, -0.2) is 10.4 Å². The summed E-state index contributed by atoms with van der Waals surface area (Å²) in [5, 5.41) is 12.2. The van der Waals surface area contributed by atoms with Crippen LogP contribution in [0, 0.1) is 0 Å². The highest BCUT2D eigenvalue weighted by Crippen LogP contribution is 2.28. The maximum absolute atomic E-state index is 9.95. The van der Waals surface area contributed by atoms with Gasteiger partial charge in [-0.1, -0.05) is 0 Å². The van der Waals surface area contributed by atoms with Crippen molar-refractivity contribution in [3.63, 3.8) is 0 Å². The molecule has 1 aromatic rings. The standard InChI is InChI=1S/C14H23N3O2/c1-11(15-17-8-6-16(2)7-9-17)13-10-12(19-3)4-5-14(13)18/h4-5,10-11,15,18H,6-9H2,1-3H3. The van der Waals surface area contributed by atoms with Crippen LogP contribution in [0.1, 0.15) is 18.5 Å². The molecule has 0 saturated carbocycles. The van der Waals surface area contributed by atoms with Gasteiger partial charge in [0.1, 0.15) is 11.5 Å². The van der Waals surface area contributed by atoms with E-state index >= 15 is 0 Å². The smallest absolute Gasteiger partial charge is 0.120 e. The summed E-state index contributed by atoms with van der Waals surface area (Å²) < 4.78 is 5.20. The zero-order valence-electron chi connectivity index (χ0n) is 11.9. The van der Waals surface area contributed by atoms with Crippen LogP contribution >= 0.6 is 0 Å². The first-order valence-electron chi connectivity index (χ1n) is 6.66.